The zero-order chi connectivity index (χ0) is 17.7. The van der Waals surface area contributed by atoms with Crippen LogP contribution >= 0.6 is 0 Å². The lowest BCUT2D eigenvalue weighted by atomic mass is 10.1. The van der Waals surface area contributed by atoms with Crippen LogP contribution in [0, 0.1) is 0 Å². The molecule has 24 heavy (non-hydrogen) atoms. The van der Waals surface area contributed by atoms with E-state index in [1.165, 1.54) is 5.56 Å². The van der Waals surface area contributed by atoms with Crippen LogP contribution in [0.2, 0.25) is 0 Å². The maximum Gasteiger partial charge on any atom is 0.410 e. The first-order valence-corrected chi connectivity index (χ1v) is 8.65. The molecule has 0 spiro atoms. The van der Waals surface area contributed by atoms with Gasteiger partial charge in [-0.25, -0.2) is 4.79 Å². The summed E-state index contributed by atoms with van der Waals surface area (Å²) in [4.78, 5) is 18.7. The first kappa shape index (κ1) is 18.7. The van der Waals surface area contributed by atoms with Crippen LogP contribution in [-0.2, 0) is 11.3 Å². The van der Waals surface area contributed by atoms with Crippen LogP contribution in [0.3, 0.4) is 0 Å². The highest BCUT2D eigenvalue weighted by molar-refractivity contribution is 5.67. The molecule has 2 rings (SSSR count). The van der Waals surface area contributed by atoms with Gasteiger partial charge in [0.15, 0.2) is 0 Å². The predicted octanol–water partition coefficient (Wildman–Crippen LogP) is 2.67. The van der Waals surface area contributed by atoms with E-state index in [0.29, 0.717) is 12.6 Å². The van der Waals surface area contributed by atoms with Crippen molar-refractivity contribution in [1.82, 2.24) is 14.7 Å². The Morgan fingerprint density at radius 1 is 1.25 bits per heavy atom. The van der Waals surface area contributed by atoms with E-state index >= 15 is 0 Å². The lowest BCUT2D eigenvalue weighted by Crippen LogP contribution is -2.55. The summed E-state index contributed by atoms with van der Waals surface area (Å²) >= 11 is 0. The van der Waals surface area contributed by atoms with Crippen LogP contribution in [0.1, 0.15) is 26.3 Å². The van der Waals surface area contributed by atoms with Crippen LogP contribution in [-0.4, -0.2) is 72.7 Å². The minimum atomic E-state index is -0.455. The van der Waals surface area contributed by atoms with Gasteiger partial charge in [-0.2, -0.15) is 0 Å². The molecule has 134 valence electrons. The van der Waals surface area contributed by atoms with Gasteiger partial charge in [0.1, 0.15) is 5.60 Å². The Balaban J connectivity index is 1.90. The number of nitrogens with zero attached hydrogens (tertiary/aromatic N) is 3. The molecule has 0 radical (unpaired) electrons. The molecule has 1 amide bonds. The van der Waals surface area contributed by atoms with Gasteiger partial charge < -0.3 is 9.64 Å². The third kappa shape index (κ3) is 5.80. The maximum absolute atomic E-state index is 12.2. The van der Waals surface area contributed by atoms with Gasteiger partial charge in [-0.15, -0.1) is 0 Å². The fraction of sp³-hybridized carbons (Fsp3) is 0.632. The van der Waals surface area contributed by atoms with Gasteiger partial charge in [0, 0.05) is 45.8 Å². The van der Waals surface area contributed by atoms with E-state index in [1.807, 2.05) is 33.9 Å². The van der Waals surface area contributed by atoms with Gasteiger partial charge in [-0.3, -0.25) is 9.80 Å². The number of ether oxygens (including phenoxy) is 1. The molecule has 1 aromatic carbocycles. The number of amides is 1. The zero-order valence-electron chi connectivity index (χ0n) is 15.7. The summed E-state index contributed by atoms with van der Waals surface area (Å²) in [6, 6.07) is 10.9. The second-order valence-corrected chi connectivity index (χ2v) is 7.72. The van der Waals surface area contributed by atoms with Crippen LogP contribution in [0.25, 0.3) is 0 Å². The molecule has 1 aliphatic heterocycles. The topological polar surface area (TPSA) is 36.0 Å². The molecule has 1 aliphatic rings. The minimum absolute atomic E-state index is 0.254. The summed E-state index contributed by atoms with van der Waals surface area (Å²) in [5, 5.41) is 0. The normalized spacial score (nSPS) is 20.0. The summed E-state index contributed by atoms with van der Waals surface area (Å²) in [6.07, 6.45) is -0.254. The lowest BCUT2D eigenvalue weighted by molar-refractivity contribution is 0.0177. The van der Waals surface area contributed by atoms with Gasteiger partial charge in [0.25, 0.3) is 0 Å². The van der Waals surface area contributed by atoms with Gasteiger partial charge >= 0.3 is 6.09 Å². The molecule has 0 aliphatic carbocycles. The molecule has 1 fully saturated rings. The number of carbonyl (C=O) groups excluding carboxylic acids is 1. The second-order valence-electron chi connectivity index (χ2n) is 7.72. The SMILES string of the molecule is CN(C[C@@H]1CN(Cc2ccccc2)CCN1C)C(=O)OC(C)(C)C. The summed E-state index contributed by atoms with van der Waals surface area (Å²) in [5.41, 5.74) is 0.879. The Labute approximate surface area is 146 Å². The number of hydrogen-bond acceptors (Lipinski definition) is 4. The van der Waals surface area contributed by atoms with E-state index in [2.05, 4.69) is 41.1 Å². The van der Waals surface area contributed by atoms with E-state index < -0.39 is 5.60 Å². The van der Waals surface area contributed by atoms with E-state index in [4.69, 9.17) is 4.74 Å². The number of benzene rings is 1. The largest absolute Gasteiger partial charge is 0.444 e. The monoisotopic (exact) mass is 333 g/mol. The summed E-state index contributed by atoms with van der Waals surface area (Å²) in [5.74, 6) is 0. The zero-order valence-corrected chi connectivity index (χ0v) is 15.7. The molecule has 1 atom stereocenters. The molecule has 5 nitrogen and oxygen atoms in total. The van der Waals surface area contributed by atoms with Crippen molar-refractivity contribution in [3.05, 3.63) is 35.9 Å². The van der Waals surface area contributed by atoms with E-state index in [9.17, 15) is 4.79 Å². The van der Waals surface area contributed by atoms with Crippen molar-refractivity contribution in [2.45, 2.75) is 39.0 Å². The molecule has 1 heterocycles. The van der Waals surface area contributed by atoms with E-state index in [1.54, 1.807) is 4.90 Å². The number of likely N-dealkylation sites (N-methyl/N-ethyl adjacent to an activating group) is 2. The molecule has 5 heteroatoms. The van der Waals surface area contributed by atoms with Gasteiger partial charge in [-0.1, -0.05) is 30.3 Å². The highest BCUT2D eigenvalue weighted by Crippen LogP contribution is 2.14. The Kier molecular flexibility index (Phi) is 6.24. The lowest BCUT2D eigenvalue weighted by Gasteiger charge is -2.41. The fourth-order valence-corrected chi connectivity index (χ4v) is 2.92. The molecule has 1 saturated heterocycles. The van der Waals surface area contributed by atoms with Crippen LogP contribution in [0.15, 0.2) is 30.3 Å². The van der Waals surface area contributed by atoms with Gasteiger partial charge in [0.2, 0.25) is 0 Å². The molecule has 0 saturated carbocycles. The summed E-state index contributed by atoms with van der Waals surface area (Å²) < 4.78 is 5.45. The Bertz CT molecular complexity index is 527. The Hall–Kier alpha value is -1.59. The number of carbonyl (C=O) groups is 1. The number of hydrogen-bond donors (Lipinski definition) is 0. The molecule has 0 aromatic heterocycles. The summed E-state index contributed by atoms with van der Waals surface area (Å²) in [6.45, 7) is 10.3. The second kappa shape index (κ2) is 7.99. The molecule has 1 aromatic rings. The van der Waals surface area contributed by atoms with Crippen molar-refractivity contribution < 1.29 is 9.53 Å². The van der Waals surface area contributed by atoms with E-state index in [-0.39, 0.29) is 6.09 Å². The molecule has 0 unspecified atom stereocenters. The third-order valence-corrected chi connectivity index (χ3v) is 4.30. The van der Waals surface area contributed by atoms with Crippen molar-refractivity contribution >= 4 is 6.09 Å². The first-order valence-electron chi connectivity index (χ1n) is 8.65. The van der Waals surface area contributed by atoms with Crippen LogP contribution < -0.4 is 0 Å². The molecule has 0 bridgehead atoms. The average Bonchev–Trinajstić information content (AvgIpc) is 2.50. The van der Waals surface area contributed by atoms with Crippen molar-refractivity contribution in [2.75, 3.05) is 40.3 Å². The van der Waals surface area contributed by atoms with Crippen molar-refractivity contribution in [3.63, 3.8) is 0 Å². The molecule has 0 N–H and O–H groups in total. The molecular weight excluding hydrogens is 302 g/mol. The van der Waals surface area contributed by atoms with Crippen molar-refractivity contribution in [2.24, 2.45) is 0 Å². The summed E-state index contributed by atoms with van der Waals surface area (Å²) in [7, 11) is 3.95. The standard InChI is InChI=1S/C19H31N3O2/c1-19(2,3)24-18(23)21(5)14-17-15-22(12-11-20(17)4)13-16-9-7-6-8-10-16/h6-10,17H,11-15H2,1-5H3/t17-/m1/s1. The van der Waals surface area contributed by atoms with Crippen molar-refractivity contribution in [3.8, 4) is 0 Å². The van der Waals surface area contributed by atoms with Crippen molar-refractivity contribution in [1.29, 1.82) is 0 Å². The third-order valence-electron chi connectivity index (χ3n) is 4.30. The van der Waals surface area contributed by atoms with Gasteiger partial charge in [0.05, 0.1) is 0 Å². The van der Waals surface area contributed by atoms with Crippen LogP contribution in [0.4, 0.5) is 4.79 Å². The highest BCUT2D eigenvalue weighted by atomic mass is 16.6. The van der Waals surface area contributed by atoms with E-state index in [0.717, 1.165) is 26.2 Å². The highest BCUT2D eigenvalue weighted by Gasteiger charge is 2.28. The average molecular weight is 333 g/mol. The van der Waals surface area contributed by atoms with Gasteiger partial charge in [-0.05, 0) is 33.4 Å². The fourth-order valence-electron chi connectivity index (χ4n) is 2.92. The predicted molar refractivity (Wildman–Crippen MR) is 97.0 cm³/mol. The smallest absolute Gasteiger partial charge is 0.410 e. The first-order chi connectivity index (χ1) is 11.2. The quantitative estimate of drug-likeness (QED) is 0.849. The Morgan fingerprint density at radius 2 is 1.92 bits per heavy atom. The number of rotatable bonds is 4. The molecular formula is C19H31N3O2. The minimum Gasteiger partial charge on any atom is -0.444 e. The number of piperazine rings is 1. The van der Waals surface area contributed by atoms with Crippen LogP contribution in [0.5, 0.6) is 0 Å². The maximum atomic E-state index is 12.2. The Morgan fingerprint density at radius 3 is 2.54 bits per heavy atom.